The monoisotopic (exact) mass is 496 g/mol. The maximum atomic E-state index is 5.86. The molecule has 1 aliphatic rings. The maximum Gasteiger partial charge on any atom is 0.185 e. The summed E-state index contributed by atoms with van der Waals surface area (Å²) in [6, 6.07) is 7.52. The molecule has 0 atom stereocenters. The Morgan fingerprint density at radius 3 is 2.28 bits per heavy atom. The summed E-state index contributed by atoms with van der Waals surface area (Å²) in [7, 11) is 0. The molecule has 0 bridgehead atoms. The predicted molar refractivity (Wildman–Crippen MR) is 83.8 cm³/mol. The molecular formula is C12H4Br4O2. The van der Waals surface area contributed by atoms with Gasteiger partial charge in [0.1, 0.15) is 0 Å². The Morgan fingerprint density at radius 2 is 1.50 bits per heavy atom. The Kier molecular flexibility index (Phi) is 3.47. The Balaban J connectivity index is 2.16. The van der Waals surface area contributed by atoms with Crippen LogP contribution in [0.25, 0.3) is 0 Å². The van der Waals surface area contributed by atoms with E-state index in [1.165, 1.54) is 0 Å². The van der Waals surface area contributed by atoms with E-state index in [0.29, 0.717) is 23.0 Å². The molecule has 6 heteroatoms. The minimum atomic E-state index is 0.667. The summed E-state index contributed by atoms with van der Waals surface area (Å²) in [6.45, 7) is 0. The predicted octanol–water partition coefficient (Wildman–Crippen LogP) is 6.63. The number of benzene rings is 2. The lowest BCUT2D eigenvalue weighted by molar-refractivity contribution is 0.357. The van der Waals surface area contributed by atoms with Gasteiger partial charge in [0.2, 0.25) is 0 Å². The largest absolute Gasteiger partial charge is 0.449 e. The first-order valence-electron chi connectivity index (χ1n) is 4.89. The van der Waals surface area contributed by atoms with Crippen LogP contribution in [-0.2, 0) is 0 Å². The first kappa shape index (κ1) is 13.0. The van der Waals surface area contributed by atoms with Crippen molar-refractivity contribution in [1.29, 1.82) is 0 Å². The van der Waals surface area contributed by atoms with Gasteiger partial charge in [-0.05, 0) is 66.0 Å². The minimum Gasteiger partial charge on any atom is -0.449 e. The average Bonchev–Trinajstić information content (AvgIpc) is 2.34. The van der Waals surface area contributed by atoms with Gasteiger partial charge in [0.15, 0.2) is 23.0 Å². The standard InChI is InChI=1S/C12H4Br4O2/c13-5-1-2-7-8(3-5)17-9-4-6(14)10(15)11(16)12(9)18-7/h1-4H. The highest BCUT2D eigenvalue weighted by molar-refractivity contribution is 9.14. The fraction of sp³-hybridized carbons (Fsp3) is 0. The lowest BCUT2D eigenvalue weighted by Crippen LogP contribution is -2.00. The summed E-state index contributed by atoms with van der Waals surface area (Å²) in [4.78, 5) is 0. The van der Waals surface area contributed by atoms with E-state index < -0.39 is 0 Å². The van der Waals surface area contributed by atoms with Crippen molar-refractivity contribution in [3.63, 3.8) is 0 Å². The second kappa shape index (κ2) is 4.81. The van der Waals surface area contributed by atoms with E-state index >= 15 is 0 Å². The molecule has 2 nitrogen and oxygen atoms in total. The third-order valence-corrected chi connectivity index (χ3v) is 6.18. The van der Waals surface area contributed by atoms with Gasteiger partial charge in [0, 0.05) is 19.5 Å². The van der Waals surface area contributed by atoms with Crippen LogP contribution in [0.4, 0.5) is 0 Å². The molecule has 0 saturated heterocycles. The Labute approximate surface area is 137 Å². The van der Waals surface area contributed by atoms with Crippen LogP contribution in [-0.4, -0.2) is 0 Å². The fourth-order valence-electron chi connectivity index (χ4n) is 1.60. The summed E-state index contributed by atoms with van der Waals surface area (Å²) < 4.78 is 15.3. The molecule has 0 spiro atoms. The second-order valence-corrected chi connectivity index (χ2v) is 6.96. The van der Waals surface area contributed by atoms with Crippen molar-refractivity contribution in [1.82, 2.24) is 0 Å². The molecule has 0 saturated carbocycles. The van der Waals surface area contributed by atoms with Gasteiger partial charge in [-0.2, -0.15) is 0 Å². The lowest BCUT2D eigenvalue weighted by atomic mass is 10.2. The van der Waals surface area contributed by atoms with Gasteiger partial charge in [-0.1, -0.05) is 15.9 Å². The molecule has 0 radical (unpaired) electrons. The van der Waals surface area contributed by atoms with Gasteiger partial charge in [0.25, 0.3) is 0 Å². The fourth-order valence-corrected chi connectivity index (χ4v) is 3.40. The molecule has 18 heavy (non-hydrogen) atoms. The molecule has 2 aromatic carbocycles. The third-order valence-electron chi connectivity index (χ3n) is 2.42. The van der Waals surface area contributed by atoms with Crippen molar-refractivity contribution >= 4 is 63.7 Å². The van der Waals surface area contributed by atoms with Crippen LogP contribution >= 0.6 is 63.7 Å². The van der Waals surface area contributed by atoms with Crippen molar-refractivity contribution in [3.8, 4) is 23.0 Å². The molecule has 2 aromatic rings. The van der Waals surface area contributed by atoms with Crippen molar-refractivity contribution < 1.29 is 9.47 Å². The van der Waals surface area contributed by atoms with E-state index in [1.807, 2.05) is 24.3 Å². The zero-order valence-electron chi connectivity index (χ0n) is 8.64. The van der Waals surface area contributed by atoms with Gasteiger partial charge in [-0.15, -0.1) is 0 Å². The highest BCUT2D eigenvalue weighted by atomic mass is 79.9. The highest BCUT2D eigenvalue weighted by Crippen LogP contribution is 2.52. The first-order chi connectivity index (χ1) is 8.56. The summed E-state index contributed by atoms with van der Waals surface area (Å²) >= 11 is 13.8. The normalized spacial score (nSPS) is 12.2. The topological polar surface area (TPSA) is 18.5 Å². The maximum absolute atomic E-state index is 5.86. The summed E-state index contributed by atoms with van der Waals surface area (Å²) in [6.07, 6.45) is 0. The first-order valence-corrected chi connectivity index (χ1v) is 8.06. The van der Waals surface area contributed by atoms with Crippen LogP contribution in [0.5, 0.6) is 23.0 Å². The number of hydrogen-bond donors (Lipinski definition) is 0. The number of fused-ring (bicyclic) bond motifs is 2. The van der Waals surface area contributed by atoms with E-state index in [2.05, 4.69) is 63.7 Å². The van der Waals surface area contributed by atoms with Crippen LogP contribution in [0.2, 0.25) is 0 Å². The highest BCUT2D eigenvalue weighted by Gasteiger charge is 2.24. The zero-order valence-corrected chi connectivity index (χ0v) is 15.0. The molecule has 0 unspecified atom stereocenters. The molecule has 3 rings (SSSR count). The Hall–Kier alpha value is -0.0400. The molecule has 0 N–H and O–H groups in total. The lowest BCUT2D eigenvalue weighted by Gasteiger charge is -2.22. The summed E-state index contributed by atoms with van der Waals surface area (Å²) in [5.74, 6) is 2.72. The molecule has 0 aliphatic carbocycles. The van der Waals surface area contributed by atoms with Crippen LogP contribution in [0, 0.1) is 0 Å². The van der Waals surface area contributed by atoms with Crippen molar-refractivity contribution in [2.75, 3.05) is 0 Å². The average molecular weight is 500 g/mol. The second-order valence-electron chi connectivity index (χ2n) is 3.61. The van der Waals surface area contributed by atoms with Crippen LogP contribution in [0.1, 0.15) is 0 Å². The molecular weight excluding hydrogens is 496 g/mol. The number of hydrogen-bond acceptors (Lipinski definition) is 2. The molecule has 92 valence electrons. The third kappa shape index (κ3) is 2.13. The number of rotatable bonds is 0. The number of halogens is 4. The molecule has 1 aliphatic heterocycles. The molecule has 1 heterocycles. The quantitative estimate of drug-likeness (QED) is 0.323. The van der Waals surface area contributed by atoms with Crippen LogP contribution in [0.3, 0.4) is 0 Å². The summed E-state index contributed by atoms with van der Waals surface area (Å²) in [5, 5.41) is 0. The minimum absolute atomic E-state index is 0.667. The van der Waals surface area contributed by atoms with Crippen molar-refractivity contribution in [2.24, 2.45) is 0 Å². The van der Waals surface area contributed by atoms with E-state index in [0.717, 1.165) is 17.9 Å². The smallest absolute Gasteiger partial charge is 0.185 e. The molecule has 0 amide bonds. The van der Waals surface area contributed by atoms with Gasteiger partial charge >= 0.3 is 0 Å². The van der Waals surface area contributed by atoms with Crippen LogP contribution in [0.15, 0.2) is 42.2 Å². The van der Waals surface area contributed by atoms with Gasteiger partial charge in [-0.25, -0.2) is 0 Å². The Bertz CT molecular complexity index is 655. The van der Waals surface area contributed by atoms with E-state index in [1.54, 1.807) is 0 Å². The number of ether oxygens (including phenoxy) is 2. The van der Waals surface area contributed by atoms with Gasteiger partial charge in [-0.3, -0.25) is 0 Å². The molecule has 0 fully saturated rings. The van der Waals surface area contributed by atoms with E-state index in [-0.39, 0.29) is 0 Å². The van der Waals surface area contributed by atoms with E-state index in [9.17, 15) is 0 Å². The molecule has 0 aromatic heterocycles. The van der Waals surface area contributed by atoms with E-state index in [4.69, 9.17) is 9.47 Å². The Morgan fingerprint density at radius 1 is 0.722 bits per heavy atom. The van der Waals surface area contributed by atoms with Gasteiger partial charge in [0.05, 0.1) is 4.47 Å². The zero-order chi connectivity index (χ0) is 12.9. The SMILES string of the molecule is Brc1ccc2c(c1)Oc1cc(Br)c(Br)c(Br)c1O2. The van der Waals surface area contributed by atoms with Crippen molar-refractivity contribution in [3.05, 3.63) is 42.2 Å². The summed E-state index contributed by atoms with van der Waals surface area (Å²) in [5.41, 5.74) is 0. The van der Waals surface area contributed by atoms with Gasteiger partial charge < -0.3 is 9.47 Å². The van der Waals surface area contributed by atoms with Crippen LogP contribution < -0.4 is 9.47 Å². The van der Waals surface area contributed by atoms with Crippen molar-refractivity contribution in [2.45, 2.75) is 0 Å².